The lowest BCUT2D eigenvalue weighted by molar-refractivity contribution is -0.148. The monoisotopic (exact) mass is 428 g/mol. The first-order chi connectivity index (χ1) is 15.1. The highest BCUT2D eigenvalue weighted by Crippen LogP contribution is 2.17. The van der Waals surface area contributed by atoms with Gasteiger partial charge in [-0.25, -0.2) is 0 Å². The fourth-order valence-electron chi connectivity index (χ4n) is 3.43. The molecule has 172 valence electrons. The summed E-state index contributed by atoms with van der Waals surface area (Å²) in [5, 5.41) is 9.36. The molecule has 0 heterocycles. The van der Waals surface area contributed by atoms with Crippen LogP contribution in [-0.4, -0.2) is 23.7 Å². The van der Waals surface area contributed by atoms with Crippen LogP contribution in [-0.2, 0) is 14.3 Å². The van der Waals surface area contributed by atoms with Crippen molar-refractivity contribution in [3.63, 3.8) is 0 Å². The lowest BCUT2D eigenvalue weighted by Gasteiger charge is -2.13. The molecular weight excluding hydrogens is 388 g/mol. The minimum Gasteiger partial charge on any atom is -0.481 e. The van der Waals surface area contributed by atoms with Gasteiger partial charge in [0.2, 0.25) is 0 Å². The molecule has 0 aromatic heterocycles. The summed E-state index contributed by atoms with van der Waals surface area (Å²) in [4.78, 5) is 23.3. The molecule has 1 rings (SSSR count). The summed E-state index contributed by atoms with van der Waals surface area (Å²) in [6, 6.07) is 8.89. The third kappa shape index (κ3) is 14.4. The number of ether oxygens (including phenoxy) is 1. The summed E-state index contributed by atoms with van der Waals surface area (Å²) in [6.07, 6.45) is 15.3. The van der Waals surface area contributed by atoms with E-state index in [1.165, 1.54) is 38.5 Å². The second kappa shape index (κ2) is 18.5. The number of carboxylic acids is 1. The number of aliphatic carboxylic acids is 1. The molecule has 1 unspecified atom stereocenters. The Bertz CT molecular complexity index is 657. The Hall–Kier alpha value is -2.28. The summed E-state index contributed by atoms with van der Waals surface area (Å²) < 4.78 is 5.20. The first-order valence-electron chi connectivity index (χ1n) is 12.0. The predicted molar refractivity (Wildman–Crippen MR) is 126 cm³/mol. The van der Waals surface area contributed by atoms with Crippen molar-refractivity contribution in [1.82, 2.24) is 0 Å². The molecule has 0 bridgehead atoms. The van der Waals surface area contributed by atoms with Crippen LogP contribution in [0.15, 0.2) is 30.3 Å². The molecule has 4 nitrogen and oxygen atoms in total. The van der Waals surface area contributed by atoms with E-state index >= 15 is 0 Å². The van der Waals surface area contributed by atoms with Gasteiger partial charge >= 0.3 is 11.9 Å². The van der Waals surface area contributed by atoms with Gasteiger partial charge in [0.15, 0.2) is 0 Å². The lowest BCUT2D eigenvalue weighted by atomic mass is 10.0. The smallest absolute Gasteiger partial charge is 0.314 e. The predicted octanol–water partition coefficient (Wildman–Crippen LogP) is 6.88. The third-order valence-electron chi connectivity index (χ3n) is 5.37. The summed E-state index contributed by atoms with van der Waals surface area (Å²) in [5.41, 5.74) is 0.651. The van der Waals surface area contributed by atoms with Crippen molar-refractivity contribution in [2.24, 2.45) is 0 Å². The Morgan fingerprint density at radius 2 is 1.39 bits per heavy atom. The number of hydrogen-bond acceptors (Lipinski definition) is 3. The highest BCUT2D eigenvalue weighted by Gasteiger charge is 2.21. The SMILES string of the molecule is CCCCCCCCC#CCCCCCCCC(=O)OCC(C(=O)O)c1ccccc1. The molecule has 1 aromatic rings. The average molecular weight is 429 g/mol. The Labute approximate surface area is 188 Å². The number of carbonyl (C=O) groups excluding carboxylic acids is 1. The van der Waals surface area contributed by atoms with Gasteiger partial charge in [0.05, 0.1) is 0 Å². The van der Waals surface area contributed by atoms with Gasteiger partial charge < -0.3 is 9.84 Å². The van der Waals surface area contributed by atoms with Crippen LogP contribution in [0.1, 0.15) is 108 Å². The average Bonchev–Trinajstić information content (AvgIpc) is 2.77. The fourth-order valence-corrected chi connectivity index (χ4v) is 3.43. The summed E-state index contributed by atoms with van der Waals surface area (Å²) >= 11 is 0. The van der Waals surface area contributed by atoms with E-state index in [4.69, 9.17) is 4.74 Å². The van der Waals surface area contributed by atoms with Crippen molar-refractivity contribution in [2.75, 3.05) is 6.61 Å². The second-order valence-corrected chi connectivity index (χ2v) is 8.12. The normalized spacial score (nSPS) is 11.4. The van der Waals surface area contributed by atoms with Crippen LogP contribution in [0.25, 0.3) is 0 Å². The zero-order valence-corrected chi connectivity index (χ0v) is 19.2. The maximum absolute atomic E-state index is 11.9. The van der Waals surface area contributed by atoms with Crippen molar-refractivity contribution in [2.45, 2.75) is 103 Å². The van der Waals surface area contributed by atoms with E-state index in [1.807, 2.05) is 6.07 Å². The number of esters is 1. The topological polar surface area (TPSA) is 63.6 Å². The molecule has 0 fully saturated rings. The van der Waals surface area contributed by atoms with Gasteiger partial charge in [-0.05, 0) is 24.8 Å². The number of carboxylic acid groups (broad SMARTS) is 1. The minimum atomic E-state index is -0.978. The van der Waals surface area contributed by atoms with E-state index in [9.17, 15) is 14.7 Å². The molecule has 0 aliphatic carbocycles. The van der Waals surface area contributed by atoms with Gasteiger partial charge in [-0.1, -0.05) is 88.6 Å². The third-order valence-corrected chi connectivity index (χ3v) is 5.37. The van der Waals surface area contributed by atoms with Crippen molar-refractivity contribution >= 4 is 11.9 Å². The first-order valence-corrected chi connectivity index (χ1v) is 12.0. The molecule has 1 atom stereocenters. The highest BCUT2D eigenvalue weighted by molar-refractivity contribution is 5.77. The lowest BCUT2D eigenvalue weighted by Crippen LogP contribution is -2.20. The molecule has 31 heavy (non-hydrogen) atoms. The van der Waals surface area contributed by atoms with Crippen LogP contribution in [0.3, 0.4) is 0 Å². The molecule has 1 aromatic carbocycles. The van der Waals surface area contributed by atoms with Crippen molar-refractivity contribution in [3.05, 3.63) is 35.9 Å². The van der Waals surface area contributed by atoms with Crippen LogP contribution >= 0.6 is 0 Å². The molecule has 4 heteroatoms. The van der Waals surface area contributed by atoms with E-state index in [-0.39, 0.29) is 12.6 Å². The first kappa shape index (κ1) is 26.8. The molecule has 0 saturated carbocycles. The van der Waals surface area contributed by atoms with Crippen molar-refractivity contribution in [1.29, 1.82) is 0 Å². The van der Waals surface area contributed by atoms with Crippen LogP contribution in [0.5, 0.6) is 0 Å². The number of hydrogen-bond donors (Lipinski definition) is 1. The summed E-state index contributed by atoms with van der Waals surface area (Å²) in [7, 11) is 0. The van der Waals surface area contributed by atoms with Crippen LogP contribution < -0.4 is 0 Å². The Balaban J connectivity index is 1.99. The number of rotatable bonds is 17. The van der Waals surface area contributed by atoms with Crippen LogP contribution in [0.4, 0.5) is 0 Å². The van der Waals surface area contributed by atoms with Crippen LogP contribution in [0.2, 0.25) is 0 Å². The molecule has 0 spiro atoms. The summed E-state index contributed by atoms with van der Waals surface area (Å²) in [5.74, 6) is 4.45. The molecular formula is C27H40O4. The highest BCUT2D eigenvalue weighted by atomic mass is 16.5. The summed E-state index contributed by atoms with van der Waals surface area (Å²) in [6.45, 7) is 2.13. The molecule has 0 aliphatic heterocycles. The van der Waals surface area contributed by atoms with E-state index in [1.54, 1.807) is 24.3 Å². The van der Waals surface area contributed by atoms with Crippen LogP contribution in [0, 0.1) is 11.8 Å². The quantitative estimate of drug-likeness (QED) is 0.167. The standard InChI is InChI=1S/C27H40O4/c1-2-3-4-5-6-7-8-9-10-11-12-13-14-15-19-22-26(28)31-23-25(27(29)30)24-20-17-16-18-21-24/h16-18,20-21,25H,2-8,11-15,19,22-23H2,1H3,(H,29,30). The van der Waals surface area contributed by atoms with E-state index in [0.29, 0.717) is 12.0 Å². The van der Waals surface area contributed by atoms with Gasteiger partial charge in [0, 0.05) is 19.3 Å². The van der Waals surface area contributed by atoms with E-state index in [0.717, 1.165) is 44.9 Å². The van der Waals surface area contributed by atoms with E-state index < -0.39 is 11.9 Å². The zero-order valence-electron chi connectivity index (χ0n) is 19.2. The second-order valence-electron chi connectivity index (χ2n) is 8.12. The number of unbranched alkanes of at least 4 members (excludes halogenated alkanes) is 11. The van der Waals surface area contributed by atoms with Gasteiger partial charge in [-0.2, -0.15) is 0 Å². The molecule has 0 radical (unpaired) electrons. The molecule has 1 N–H and O–H groups in total. The fraction of sp³-hybridized carbons (Fsp3) is 0.630. The molecule has 0 amide bonds. The Morgan fingerprint density at radius 1 is 0.839 bits per heavy atom. The molecule has 0 saturated heterocycles. The molecule has 0 aliphatic rings. The van der Waals surface area contributed by atoms with Crippen molar-refractivity contribution < 1.29 is 19.4 Å². The number of benzene rings is 1. The number of carbonyl (C=O) groups is 2. The van der Waals surface area contributed by atoms with Gasteiger partial charge in [-0.3, -0.25) is 9.59 Å². The zero-order chi connectivity index (χ0) is 22.6. The Morgan fingerprint density at radius 3 is 1.97 bits per heavy atom. The minimum absolute atomic E-state index is 0.115. The van der Waals surface area contributed by atoms with E-state index in [2.05, 4.69) is 18.8 Å². The van der Waals surface area contributed by atoms with Gasteiger partial charge in [0.1, 0.15) is 12.5 Å². The maximum Gasteiger partial charge on any atom is 0.314 e. The van der Waals surface area contributed by atoms with Gasteiger partial charge in [-0.15, -0.1) is 11.8 Å². The van der Waals surface area contributed by atoms with Crippen molar-refractivity contribution in [3.8, 4) is 11.8 Å². The maximum atomic E-state index is 11.9. The Kier molecular flexibility index (Phi) is 16.0. The largest absolute Gasteiger partial charge is 0.481 e. The van der Waals surface area contributed by atoms with Gasteiger partial charge in [0.25, 0.3) is 0 Å².